The first-order valence-electron chi connectivity index (χ1n) is 4.71. The molecule has 0 aliphatic carbocycles. The van der Waals surface area contributed by atoms with Gasteiger partial charge in [0.05, 0.1) is 7.11 Å². The van der Waals surface area contributed by atoms with Crippen LogP contribution in [0.15, 0.2) is 29.4 Å². The minimum absolute atomic E-state index is 0.638. The summed E-state index contributed by atoms with van der Waals surface area (Å²) in [5.41, 5.74) is 3.84. The molecule has 4 heteroatoms. The molecule has 1 N–H and O–H groups in total. The number of aromatic nitrogens is 1. The van der Waals surface area contributed by atoms with Gasteiger partial charge in [0.25, 0.3) is 0 Å². The highest BCUT2D eigenvalue weighted by Gasteiger charge is 1.96. The second-order valence-electron chi connectivity index (χ2n) is 3.27. The predicted octanol–water partition coefficient (Wildman–Crippen LogP) is 2.32. The van der Waals surface area contributed by atoms with E-state index in [1.807, 2.05) is 19.1 Å². The van der Waals surface area contributed by atoms with Crippen molar-refractivity contribution in [3.63, 3.8) is 0 Å². The van der Waals surface area contributed by atoms with E-state index in [4.69, 9.17) is 16.3 Å². The second kappa shape index (κ2) is 6.43. The molecule has 1 aromatic rings. The molecule has 0 atom stereocenters. The summed E-state index contributed by atoms with van der Waals surface area (Å²) in [6.07, 6.45) is 1.74. The third kappa shape index (κ3) is 4.32. The Morgan fingerprint density at radius 1 is 1.67 bits per heavy atom. The highest BCUT2D eigenvalue weighted by atomic mass is 35.5. The molecule has 0 saturated carbocycles. The van der Waals surface area contributed by atoms with E-state index in [1.165, 1.54) is 0 Å². The molecule has 0 saturated heterocycles. The summed E-state index contributed by atoms with van der Waals surface area (Å²) in [5.74, 6) is 0.638. The maximum Gasteiger partial charge on any atom is 0.213 e. The van der Waals surface area contributed by atoms with E-state index in [9.17, 15) is 0 Å². The predicted molar refractivity (Wildman–Crippen MR) is 62.1 cm³/mol. The Morgan fingerprint density at radius 2 is 2.47 bits per heavy atom. The van der Waals surface area contributed by atoms with Crippen molar-refractivity contribution in [1.82, 2.24) is 10.3 Å². The molecular weight excluding hydrogens is 212 g/mol. The van der Waals surface area contributed by atoms with Crippen LogP contribution >= 0.6 is 11.6 Å². The maximum absolute atomic E-state index is 5.55. The van der Waals surface area contributed by atoms with Crippen molar-refractivity contribution in [1.29, 1.82) is 0 Å². The average molecular weight is 227 g/mol. The van der Waals surface area contributed by atoms with Crippen molar-refractivity contribution in [2.45, 2.75) is 13.5 Å². The van der Waals surface area contributed by atoms with Crippen molar-refractivity contribution in [2.75, 3.05) is 13.7 Å². The fraction of sp³-hybridized carbons (Fsp3) is 0.364. The van der Waals surface area contributed by atoms with Gasteiger partial charge >= 0.3 is 0 Å². The molecule has 1 rings (SSSR count). The number of halogens is 1. The molecule has 1 aromatic heterocycles. The summed E-state index contributed by atoms with van der Waals surface area (Å²) in [6, 6.07) is 3.86. The first-order chi connectivity index (χ1) is 7.26. The van der Waals surface area contributed by atoms with E-state index in [2.05, 4.69) is 10.3 Å². The van der Waals surface area contributed by atoms with Gasteiger partial charge in [-0.2, -0.15) is 0 Å². The molecule has 0 spiro atoms. The van der Waals surface area contributed by atoms with Crippen LogP contribution < -0.4 is 10.1 Å². The van der Waals surface area contributed by atoms with Crippen molar-refractivity contribution < 1.29 is 4.74 Å². The summed E-state index contributed by atoms with van der Waals surface area (Å²) in [4.78, 5) is 4.03. The molecule has 1 heterocycles. The summed E-state index contributed by atoms with van der Waals surface area (Å²) in [7, 11) is 1.61. The van der Waals surface area contributed by atoms with E-state index >= 15 is 0 Å². The maximum atomic E-state index is 5.55. The summed E-state index contributed by atoms with van der Waals surface area (Å²) in [5, 5.41) is 3.27. The molecule has 82 valence electrons. The fourth-order valence-corrected chi connectivity index (χ4v) is 1.19. The normalized spacial score (nSPS) is 11.5. The van der Waals surface area contributed by atoms with E-state index in [0.717, 1.165) is 24.2 Å². The molecule has 0 fully saturated rings. The zero-order chi connectivity index (χ0) is 11.1. The van der Waals surface area contributed by atoms with Crippen LogP contribution in [0.2, 0.25) is 0 Å². The minimum atomic E-state index is 0.638. The molecule has 3 nitrogen and oxygen atoms in total. The highest BCUT2D eigenvalue weighted by molar-refractivity contribution is 6.25. The van der Waals surface area contributed by atoms with E-state index in [0.29, 0.717) is 5.88 Å². The lowest BCUT2D eigenvalue weighted by molar-refractivity contribution is 0.397. The summed E-state index contributed by atoms with van der Waals surface area (Å²) < 4.78 is 5.03. The fourth-order valence-electron chi connectivity index (χ4n) is 1.11. The number of pyridine rings is 1. The van der Waals surface area contributed by atoms with Crippen molar-refractivity contribution in [3.8, 4) is 5.88 Å². The smallest absolute Gasteiger partial charge is 0.213 e. The van der Waals surface area contributed by atoms with Gasteiger partial charge in [-0.15, -0.1) is 0 Å². The Hall–Kier alpha value is -1.06. The van der Waals surface area contributed by atoms with E-state index in [1.54, 1.807) is 18.8 Å². The third-order valence-corrected chi connectivity index (χ3v) is 2.30. The Kier molecular flexibility index (Phi) is 5.15. The van der Waals surface area contributed by atoms with Crippen LogP contribution in [0, 0.1) is 0 Å². The van der Waals surface area contributed by atoms with Gasteiger partial charge in [0.1, 0.15) is 0 Å². The number of nitrogens with one attached hydrogen (secondary N) is 1. The van der Waals surface area contributed by atoms with Crippen molar-refractivity contribution in [2.24, 2.45) is 0 Å². The number of methoxy groups -OCH3 is 1. The van der Waals surface area contributed by atoms with Gasteiger partial charge in [0.2, 0.25) is 5.88 Å². The lowest BCUT2D eigenvalue weighted by Crippen LogP contribution is -2.15. The first-order valence-corrected chi connectivity index (χ1v) is 5.15. The molecule has 0 aromatic carbocycles. The van der Waals surface area contributed by atoms with Crippen LogP contribution in [0.4, 0.5) is 0 Å². The third-order valence-electron chi connectivity index (χ3n) is 1.93. The van der Waals surface area contributed by atoms with E-state index in [-0.39, 0.29) is 0 Å². The SMILES string of the molecule is COc1cc(CNC/C(C)=C/Cl)ccn1. The molecule has 0 amide bonds. The Bertz CT molecular complexity index is 339. The molecule has 0 unspecified atom stereocenters. The molecule has 0 radical (unpaired) electrons. The highest BCUT2D eigenvalue weighted by Crippen LogP contribution is 2.08. The van der Waals surface area contributed by atoms with Gasteiger partial charge in [-0.3, -0.25) is 0 Å². The standard InChI is InChI=1S/C11H15ClN2O/c1-9(6-12)7-13-8-10-3-4-14-11(5-10)15-2/h3-6,13H,7-8H2,1-2H3/b9-6+. The Labute approximate surface area is 95.1 Å². The largest absolute Gasteiger partial charge is 0.481 e. The molecule has 0 aliphatic rings. The molecule has 0 aliphatic heterocycles. The van der Waals surface area contributed by atoms with Crippen molar-refractivity contribution >= 4 is 11.6 Å². The quantitative estimate of drug-likeness (QED) is 0.837. The van der Waals surface area contributed by atoms with Gasteiger partial charge in [-0.25, -0.2) is 4.98 Å². The minimum Gasteiger partial charge on any atom is -0.481 e. The molecule has 15 heavy (non-hydrogen) atoms. The zero-order valence-electron chi connectivity index (χ0n) is 8.96. The van der Waals surface area contributed by atoms with E-state index < -0.39 is 0 Å². The number of nitrogens with zero attached hydrogens (tertiary/aromatic N) is 1. The van der Waals surface area contributed by atoms with Crippen LogP contribution in [0.3, 0.4) is 0 Å². The van der Waals surface area contributed by atoms with Crippen LogP contribution in [0.5, 0.6) is 5.88 Å². The summed E-state index contributed by atoms with van der Waals surface area (Å²) >= 11 is 5.55. The number of rotatable bonds is 5. The van der Waals surface area contributed by atoms with Crippen LogP contribution in [0.25, 0.3) is 0 Å². The molecule has 0 bridgehead atoms. The Morgan fingerprint density at radius 3 is 3.13 bits per heavy atom. The number of ether oxygens (including phenoxy) is 1. The summed E-state index contributed by atoms with van der Waals surface area (Å²) in [6.45, 7) is 3.54. The zero-order valence-corrected chi connectivity index (χ0v) is 9.71. The van der Waals surface area contributed by atoms with Crippen molar-refractivity contribution in [3.05, 3.63) is 35.0 Å². The monoisotopic (exact) mass is 226 g/mol. The lowest BCUT2D eigenvalue weighted by Gasteiger charge is -2.05. The topological polar surface area (TPSA) is 34.1 Å². The number of hydrogen-bond acceptors (Lipinski definition) is 3. The van der Waals surface area contributed by atoms with Crippen LogP contribution in [-0.2, 0) is 6.54 Å². The molecular formula is C11H15ClN2O. The first kappa shape index (κ1) is 12.0. The van der Waals surface area contributed by atoms with Crippen LogP contribution in [-0.4, -0.2) is 18.6 Å². The number of hydrogen-bond donors (Lipinski definition) is 1. The van der Waals surface area contributed by atoms with Gasteiger partial charge in [-0.05, 0) is 24.1 Å². The van der Waals surface area contributed by atoms with Gasteiger partial charge in [0, 0.05) is 30.9 Å². The second-order valence-corrected chi connectivity index (χ2v) is 3.48. The Balaban J connectivity index is 2.43. The van der Waals surface area contributed by atoms with Crippen LogP contribution in [0.1, 0.15) is 12.5 Å². The average Bonchev–Trinajstić information content (AvgIpc) is 2.29. The van der Waals surface area contributed by atoms with Gasteiger partial charge in [-0.1, -0.05) is 11.6 Å². The lowest BCUT2D eigenvalue weighted by atomic mass is 10.2. The van der Waals surface area contributed by atoms with Gasteiger partial charge in [0.15, 0.2) is 0 Å². The van der Waals surface area contributed by atoms with Gasteiger partial charge < -0.3 is 10.1 Å².